The minimum Gasteiger partial charge on any atom is -0.318 e. The van der Waals surface area contributed by atoms with Crippen LogP contribution < -0.4 is 5.56 Å². The highest BCUT2D eigenvalue weighted by Gasteiger charge is 2.14. The predicted octanol–water partition coefficient (Wildman–Crippen LogP) is 1.57. The smallest absolute Gasteiger partial charge is 0.253 e. The molecule has 2 rings (SSSR count). The van der Waals surface area contributed by atoms with Crippen LogP contribution in [0.15, 0.2) is 11.0 Å². The molecule has 2 nitrogen and oxygen atoms in total. The highest BCUT2D eigenvalue weighted by atomic mass is 16.1. The molecule has 0 saturated carbocycles. The van der Waals surface area contributed by atoms with Crippen molar-refractivity contribution in [2.45, 2.75) is 32.6 Å². The maximum absolute atomic E-state index is 11.6. The van der Waals surface area contributed by atoms with Gasteiger partial charge in [0.15, 0.2) is 0 Å². The van der Waals surface area contributed by atoms with E-state index in [1.54, 1.807) is 4.57 Å². The second kappa shape index (κ2) is 3.02. The number of aryl methyl sites for hydroxylation is 2. The zero-order valence-electron chi connectivity index (χ0n) is 8.26. The van der Waals surface area contributed by atoms with Gasteiger partial charge in [-0.3, -0.25) is 4.79 Å². The molecule has 70 valence electrons. The normalized spacial score (nSPS) is 15.5. The van der Waals surface area contributed by atoms with E-state index < -0.39 is 0 Å². The Balaban J connectivity index is 2.67. The zero-order chi connectivity index (χ0) is 9.42. The van der Waals surface area contributed by atoms with E-state index in [1.807, 2.05) is 20.2 Å². The summed E-state index contributed by atoms with van der Waals surface area (Å²) in [4.78, 5) is 11.6. The molecule has 1 aliphatic carbocycles. The third kappa shape index (κ3) is 1.30. The molecule has 0 fully saturated rings. The monoisotopic (exact) mass is 177 g/mol. The van der Waals surface area contributed by atoms with Crippen LogP contribution in [-0.4, -0.2) is 4.57 Å². The fraction of sp³-hybridized carbons (Fsp3) is 0.545. The summed E-state index contributed by atoms with van der Waals surface area (Å²) in [5.41, 5.74) is 3.82. The first-order chi connectivity index (χ1) is 6.20. The van der Waals surface area contributed by atoms with Gasteiger partial charge in [0.1, 0.15) is 0 Å². The number of hydrogen-bond donors (Lipinski definition) is 0. The third-order valence-electron chi connectivity index (χ3n) is 2.95. The largest absolute Gasteiger partial charge is 0.318 e. The van der Waals surface area contributed by atoms with Crippen LogP contribution in [0.5, 0.6) is 0 Å². The van der Waals surface area contributed by atoms with E-state index in [0.29, 0.717) is 0 Å². The van der Waals surface area contributed by atoms with Crippen molar-refractivity contribution in [1.82, 2.24) is 4.57 Å². The van der Waals surface area contributed by atoms with Crippen molar-refractivity contribution in [3.05, 3.63) is 33.2 Å². The summed E-state index contributed by atoms with van der Waals surface area (Å²) in [6.45, 7) is 1.95. The Labute approximate surface area is 78.2 Å². The molecule has 0 unspecified atom stereocenters. The molecule has 0 amide bonds. The molecular weight excluding hydrogens is 162 g/mol. The van der Waals surface area contributed by atoms with Gasteiger partial charge in [0.05, 0.1) is 0 Å². The maximum atomic E-state index is 11.6. The topological polar surface area (TPSA) is 22.0 Å². The van der Waals surface area contributed by atoms with E-state index in [2.05, 4.69) is 0 Å². The van der Waals surface area contributed by atoms with Gasteiger partial charge in [0.2, 0.25) is 0 Å². The van der Waals surface area contributed by atoms with Crippen molar-refractivity contribution < 1.29 is 0 Å². The van der Waals surface area contributed by atoms with Crippen LogP contribution in [0.4, 0.5) is 0 Å². The average molecular weight is 177 g/mol. The van der Waals surface area contributed by atoms with E-state index >= 15 is 0 Å². The second-order valence-electron chi connectivity index (χ2n) is 3.88. The fourth-order valence-electron chi connectivity index (χ4n) is 2.19. The van der Waals surface area contributed by atoms with Crippen molar-refractivity contribution in [3.8, 4) is 0 Å². The maximum Gasteiger partial charge on any atom is 0.253 e. The molecule has 0 bridgehead atoms. The van der Waals surface area contributed by atoms with Gasteiger partial charge in [-0.15, -0.1) is 0 Å². The van der Waals surface area contributed by atoms with Gasteiger partial charge in [-0.2, -0.15) is 0 Å². The van der Waals surface area contributed by atoms with Gasteiger partial charge in [-0.1, -0.05) is 0 Å². The fourth-order valence-corrected chi connectivity index (χ4v) is 2.19. The molecule has 2 heteroatoms. The molecule has 0 aromatic carbocycles. The molecule has 1 heterocycles. The van der Waals surface area contributed by atoms with Crippen molar-refractivity contribution in [1.29, 1.82) is 0 Å². The highest BCUT2D eigenvalue weighted by molar-refractivity contribution is 5.33. The molecule has 13 heavy (non-hydrogen) atoms. The standard InChI is InChI=1S/C11H15NO/c1-8-10-6-4-3-5-9(10)7-12(2)11(8)13/h7H,3-6H2,1-2H3. The van der Waals surface area contributed by atoms with Crippen LogP contribution in [0.3, 0.4) is 0 Å². The van der Waals surface area contributed by atoms with Crippen LogP contribution in [-0.2, 0) is 19.9 Å². The molecule has 1 aromatic heterocycles. The number of hydrogen-bond acceptors (Lipinski definition) is 1. The van der Waals surface area contributed by atoms with Crippen LogP contribution in [0.25, 0.3) is 0 Å². The molecule has 0 saturated heterocycles. The van der Waals surface area contributed by atoms with Gasteiger partial charge in [0.25, 0.3) is 5.56 Å². The first-order valence-corrected chi connectivity index (χ1v) is 4.88. The zero-order valence-corrected chi connectivity index (χ0v) is 8.26. The van der Waals surface area contributed by atoms with Gasteiger partial charge < -0.3 is 4.57 Å². The van der Waals surface area contributed by atoms with Crippen LogP contribution in [0.2, 0.25) is 0 Å². The summed E-state index contributed by atoms with van der Waals surface area (Å²) in [5.74, 6) is 0. The van der Waals surface area contributed by atoms with Gasteiger partial charge in [-0.05, 0) is 43.7 Å². The SMILES string of the molecule is Cc1c2c(cn(C)c1=O)CCCC2. The number of fused-ring (bicyclic) bond motifs is 1. The lowest BCUT2D eigenvalue weighted by Gasteiger charge is -2.18. The van der Waals surface area contributed by atoms with Gasteiger partial charge in [-0.25, -0.2) is 0 Å². The molecule has 1 aromatic rings. The Hall–Kier alpha value is -1.05. The van der Waals surface area contributed by atoms with Crippen molar-refractivity contribution in [2.24, 2.45) is 7.05 Å². The second-order valence-corrected chi connectivity index (χ2v) is 3.88. The Morgan fingerprint density at radius 3 is 2.77 bits per heavy atom. The lowest BCUT2D eigenvalue weighted by Crippen LogP contribution is -2.23. The Morgan fingerprint density at radius 1 is 1.31 bits per heavy atom. The third-order valence-corrected chi connectivity index (χ3v) is 2.95. The van der Waals surface area contributed by atoms with E-state index in [0.717, 1.165) is 18.4 Å². The van der Waals surface area contributed by atoms with Gasteiger partial charge in [0, 0.05) is 18.8 Å². The average Bonchev–Trinajstić information content (AvgIpc) is 2.15. The predicted molar refractivity (Wildman–Crippen MR) is 53.1 cm³/mol. The number of aromatic nitrogens is 1. The highest BCUT2D eigenvalue weighted by Crippen LogP contribution is 2.21. The first-order valence-electron chi connectivity index (χ1n) is 4.88. The first kappa shape index (κ1) is 8.54. The molecule has 0 atom stereocenters. The van der Waals surface area contributed by atoms with Crippen molar-refractivity contribution in [2.75, 3.05) is 0 Å². The molecule has 0 aliphatic heterocycles. The summed E-state index contributed by atoms with van der Waals surface area (Å²) in [7, 11) is 1.84. The number of pyridine rings is 1. The Morgan fingerprint density at radius 2 is 2.00 bits per heavy atom. The lowest BCUT2D eigenvalue weighted by molar-refractivity contribution is 0.662. The molecule has 0 radical (unpaired) electrons. The Kier molecular flexibility index (Phi) is 1.98. The van der Waals surface area contributed by atoms with E-state index in [1.165, 1.54) is 24.0 Å². The minimum absolute atomic E-state index is 0.167. The van der Waals surface area contributed by atoms with Crippen LogP contribution >= 0.6 is 0 Å². The molecular formula is C11H15NO. The van der Waals surface area contributed by atoms with Crippen molar-refractivity contribution >= 4 is 0 Å². The molecule has 0 N–H and O–H groups in total. The minimum atomic E-state index is 0.167. The van der Waals surface area contributed by atoms with Gasteiger partial charge >= 0.3 is 0 Å². The van der Waals surface area contributed by atoms with Crippen LogP contribution in [0, 0.1) is 6.92 Å². The van der Waals surface area contributed by atoms with E-state index in [4.69, 9.17) is 0 Å². The molecule has 1 aliphatic rings. The van der Waals surface area contributed by atoms with E-state index in [9.17, 15) is 4.79 Å². The quantitative estimate of drug-likeness (QED) is 0.589. The lowest BCUT2D eigenvalue weighted by atomic mass is 9.90. The summed E-state index contributed by atoms with van der Waals surface area (Å²) in [6, 6.07) is 0. The van der Waals surface area contributed by atoms with Crippen LogP contribution in [0.1, 0.15) is 29.5 Å². The summed E-state index contributed by atoms with van der Waals surface area (Å²) in [5, 5.41) is 0. The summed E-state index contributed by atoms with van der Waals surface area (Å²) in [6.07, 6.45) is 6.75. The number of nitrogens with zero attached hydrogens (tertiary/aromatic N) is 1. The Bertz CT molecular complexity index is 390. The summed E-state index contributed by atoms with van der Waals surface area (Å²) >= 11 is 0. The number of rotatable bonds is 0. The van der Waals surface area contributed by atoms with E-state index in [-0.39, 0.29) is 5.56 Å². The summed E-state index contributed by atoms with van der Waals surface area (Å²) < 4.78 is 1.71. The van der Waals surface area contributed by atoms with Crippen molar-refractivity contribution in [3.63, 3.8) is 0 Å². The molecule has 0 spiro atoms.